The fourth-order valence-corrected chi connectivity index (χ4v) is 1.47. The Morgan fingerprint density at radius 3 is 1.95 bits per heavy atom. The standard InChI is InChI=1S/C12H17NO.C3H8.C2H6/c1-3-12(14)11(13-2)9-10-7-5-4-6-8-10;1-3-2;1-2/h4-8,11,13H,3,9H2,1-2H3;3H2,1-2H3;1-2H3/t11-;;/m0../s1. The third-order valence-corrected chi connectivity index (χ3v) is 2.37. The van der Waals surface area contributed by atoms with Crippen LogP contribution >= 0.6 is 0 Å². The van der Waals surface area contributed by atoms with Crippen LogP contribution in [0.25, 0.3) is 0 Å². The molecule has 0 aliphatic heterocycles. The van der Waals surface area contributed by atoms with Crippen LogP contribution in [-0.4, -0.2) is 18.9 Å². The van der Waals surface area contributed by atoms with Crippen molar-refractivity contribution in [2.45, 2.75) is 59.9 Å². The topological polar surface area (TPSA) is 29.1 Å². The zero-order valence-electron chi connectivity index (χ0n) is 13.5. The van der Waals surface area contributed by atoms with Crippen LogP contribution in [0, 0.1) is 0 Å². The maximum atomic E-state index is 11.5. The summed E-state index contributed by atoms with van der Waals surface area (Å²) in [6.45, 7) is 10.2. The molecular weight excluding hydrogens is 234 g/mol. The number of Topliss-reactive ketones (excluding diaryl/α,β-unsaturated/α-hetero) is 1. The van der Waals surface area contributed by atoms with Crippen LogP contribution in [0.15, 0.2) is 30.3 Å². The van der Waals surface area contributed by atoms with E-state index in [1.807, 2.05) is 58.2 Å². The van der Waals surface area contributed by atoms with Crippen molar-refractivity contribution in [3.63, 3.8) is 0 Å². The quantitative estimate of drug-likeness (QED) is 0.863. The predicted octanol–water partition coefficient (Wildman–Crippen LogP) is 4.24. The molecule has 2 nitrogen and oxygen atoms in total. The first-order chi connectivity index (χ1) is 9.19. The van der Waals surface area contributed by atoms with E-state index in [2.05, 4.69) is 19.2 Å². The molecule has 0 bridgehead atoms. The molecule has 0 radical (unpaired) electrons. The maximum Gasteiger partial charge on any atom is 0.149 e. The number of rotatable bonds is 5. The second-order valence-corrected chi connectivity index (χ2v) is 4.06. The normalized spacial score (nSPS) is 10.4. The Morgan fingerprint density at radius 2 is 1.58 bits per heavy atom. The summed E-state index contributed by atoms with van der Waals surface area (Å²) in [4.78, 5) is 11.5. The number of hydrogen-bond acceptors (Lipinski definition) is 2. The van der Waals surface area contributed by atoms with Gasteiger partial charge in [-0.05, 0) is 19.0 Å². The Kier molecular flexibility index (Phi) is 15.8. The van der Waals surface area contributed by atoms with Gasteiger partial charge >= 0.3 is 0 Å². The summed E-state index contributed by atoms with van der Waals surface area (Å²) in [6, 6.07) is 10.0. The molecule has 0 unspecified atom stereocenters. The molecule has 1 aromatic carbocycles. The van der Waals surface area contributed by atoms with Gasteiger partial charge in [-0.3, -0.25) is 4.79 Å². The molecule has 0 aliphatic carbocycles. The molecule has 110 valence electrons. The molecule has 1 atom stereocenters. The van der Waals surface area contributed by atoms with Gasteiger partial charge in [-0.15, -0.1) is 0 Å². The van der Waals surface area contributed by atoms with Gasteiger partial charge in [0.25, 0.3) is 0 Å². The summed E-state index contributed by atoms with van der Waals surface area (Å²) in [5.74, 6) is 0.274. The predicted molar refractivity (Wildman–Crippen MR) is 85.6 cm³/mol. The highest BCUT2D eigenvalue weighted by Crippen LogP contribution is 2.04. The van der Waals surface area contributed by atoms with Crippen LogP contribution < -0.4 is 5.32 Å². The smallest absolute Gasteiger partial charge is 0.149 e. The summed E-state index contributed by atoms with van der Waals surface area (Å²) in [6.07, 6.45) is 2.63. The van der Waals surface area contributed by atoms with Gasteiger partial charge in [0.2, 0.25) is 0 Å². The molecule has 0 saturated carbocycles. The number of nitrogens with one attached hydrogen (secondary N) is 1. The Labute approximate surface area is 119 Å². The minimum atomic E-state index is -0.0394. The summed E-state index contributed by atoms with van der Waals surface area (Å²) in [5, 5.41) is 3.05. The van der Waals surface area contributed by atoms with E-state index in [-0.39, 0.29) is 11.8 Å². The van der Waals surface area contributed by atoms with E-state index in [0.29, 0.717) is 6.42 Å². The summed E-state index contributed by atoms with van der Waals surface area (Å²) >= 11 is 0. The molecule has 0 aromatic heterocycles. The molecule has 1 N–H and O–H groups in total. The molecule has 0 amide bonds. The Bertz CT molecular complexity index is 295. The van der Waals surface area contributed by atoms with Crippen molar-refractivity contribution < 1.29 is 4.79 Å². The lowest BCUT2D eigenvalue weighted by atomic mass is 10.0. The molecular formula is C17H31NO. The zero-order valence-corrected chi connectivity index (χ0v) is 13.5. The average molecular weight is 265 g/mol. The molecule has 1 rings (SSSR count). The van der Waals surface area contributed by atoms with Crippen LogP contribution in [0.2, 0.25) is 0 Å². The summed E-state index contributed by atoms with van der Waals surface area (Å²) in [7, 11) is 1.83. The minimum absolute atomic E-state index is 0.0394. The SMILES string of the molecule is CC.CCC.CCC(=O)[C@H](Cc1ccccc1)NC. The molecule has 0 saturated heterocycles. The first kappa shape index (κ1) is 20.2. The number of carbonyl (C=O) groups is 1. The summed E-state index contributed by atoms with van der Waals surface area (Å²) < 4.78 is 0. The number of ketones is 1. The van der Waals surface area contributed by atoms with Crippen LogP contribution in [0.3, 0.4) is 0 Å². The number of carbonyl (C=O) groups excluding carboxylic acids is 1. The highest BCUT2D eigenvalue weighted by molar-refractivity contribution is 5.83. The monoisotopic (exact) mass is 265 g/mol. The van der Waals surface area contributed by atoms with Crippen LogP contribution in [0.5, 0.6) is 0 Å². The molecule has 0 spiro atoms. The molecule has 1 aromatic rings. The highest BCUT2D eigenvalue weighted by atomic mass is 16.1. The van der Waals surface area contributed by atoms with E-state index in [4.69, 9.17) is 0 Å². The Balaban J connectivity index is 0. The molecule has 19 heavy (non-hydrogen) atoms. The Morgan fingerprint density at radius 1 is 1.11 bits per heavy atom. The third kappa shape index (κ3) is 10.5. The van der Waals surface area contributed by atoms with Gasteiger partial charge in [-0.25, -0.2) is 0 Å². The van der Waals surface area contributed by atoms with E-state index in [1.165, 1.54) is 12.0 Å². The molecule has 0 fully saturated rings. The number of hydrogen-bond donors (Lipinski definition) is 1. The number of benzene rings is 1. The lowest BCUT2D eigenvalue weighted by Gasteiger charge is -2.13. The number of likely N-dealkylation sites (N-methyl/N-ethyl adjacent to an activating group) is 1. The van der Waals surface area contributed by atoms with Gasteiger partial charge in [0.15, 0.2) is 0 Å². The van der Waals surface area contributed by atoms with Gasteiger partial charge in [-0.2, -0.15) is 0 Å². The van der Waals surface area contributed by atoms with E-state index < -0.39 is 0 Å². The van der Waals surface area contributed by atoms with Crippen molar-refractivity contribution in [2.24, 2.45) is 0 Å². The van der Waals surface area contributed by atoms with Crippen molar-refractivity contribution in [1.29, 1.82) is 0 Å². The Hall–Kier alpha value is -1.15. The molecule has 2 heteroatoms. The largest absolute Gasteiger partial charge is 0.310 e. The van der Waals surface area contributed by atoms with E-state index in [1.54, 1.807) is 0 Å². The van der Waals surface area contributed by atoms with Crippen LogP contribution in [0.1, 0.15) is 53.0 Å². The first-order valence-electron chi connectivity index (χ1n) is 7.43. The first-order valence-corrected chi connectivity index (χ1v) is 7.43. The molecule has 0 heterocycles. The van der Waals surface area contributed by atoms with Crippen molar-refractivity contribution >= 4 is 5.78 Å². The lowest BCUT2D eigenvalue weighted by molar-refractivity contribution is -0.120. The lowest BCUT2D eigenvalue weighted by Crippen LogP contribution is -2.35. The van der Waals surface area contributed by atoms with Gasteiger partial charge < -0.3 is 5.32 Å². The molecule has 0 aliphatic rings. The maximum absolute atomic E-state index is 11.5. The van der Waals surface area contributed by atoms with Crippen molar-refractivity contribution in [3.05, 3.63) is 35.9 Å². The summed E-state index contributed by atoms with van der Waals surface area (Å²) in [5.41, 5.74) is 1.20. The highest BCUT2D eigenvalue weighted by Gasteiger charge is 2.13. The zero-order chi connectivity index (χ0) is 15.1. The fraction of sp³-hybridized carbons (Fsp3) is 0.588. The van der Waals surface area contributed by atoms with E-state index in [0.717, 1.165) is 6.42 Å². The van der Waals surface area contributed by atoms with Crippen LogP contribution in [0.4, 0.5) is 0 Å². The minimum Gasteiger partial charge on any atom is -0.310 e. The van der Waals surface area contributed by atoms with Crippen molar-refractivity contribution in [3.8, 4) is 0 Å². The second kappa shape index (κ2) is 14.9. The third-order valence-electron chi connectivity index (χ3n) is 2.37. The van der Waals surface area contributed by atoms with E-state index in [9.17, 15) is 4.79 Å². The van der Waals surface area contributed by atoms with Gasteiger partial charge in [0, 0.05) is 6.42 Å². The van der Waals surface area contributed by atoms with E-state index >= 15 is 0 Å². The van der Waals surface area contributed by atoms with Gasteiger partial charge in [0.05, 0.1) is 6.04 Å². The second-order valence-electron chi connectivity index (χ2n) is 4.06. The average Bonchev–Trinajstić information content (AvgIpc) is 2.48. The van der Waals surface area contributed by atoms with Gasteiger partial charge in [0.1, 0.15) is 5.78 Å². The van der Waals surface area contributed by atoms with Gasteiger partial charge in [-0.1, -0.05) is 71.4 Å². The van der Waals surface area contributed by atoms with Crippen LogP contribution in [-0.2, 0) is 11.2 Å². The van der Waals surface area contributed by atoms with Crippen molar-refractivity contribution in [1.82, 2.24) is 5.32 Å². The fourth-order valence-electron chi connectivity index (χ4n) is 1.47. The van der Waals surface area contributed by atoms with Crippen molar-refractivity contribution in [2.75, 3.05) is 7.05 Å².